The Hall–Kier alpha value is -0.940. The Bertz CT molecular complexity index is 384. The van der Waals surface area contributed by atoms with Gasteiger partial charge in [0.2, 0.25) is 11.7 Å². The normalized spacial score (nSPS) is 27.6. The van der Waals surface area contributed by atoms with E-state index in [1.807, 2.05) is 0 Å². The minimum absolute atomic E-state index is 0.334. The van der Waals surface area contributed by atoms with Crippen molar-refractivity contribution in [2.45, 2.75) is 58.1 Å². The van der Waals surface area contributed by atoms with Crippen molar-refractivity contribution in [3.63, 3.8) is 0 Å². The van der Waals surface area contributed by atoms with Crippen molar-refractivity contribution >= 4 is 0 Å². The van der Waals surface area contributed by atoms with Crippen molar-refractivity contribution < 1.29 is 9.26 Å². The standard InChI is InChI=1S/C14H25N3O2/c1-4-9-15-10-12-16-13(17-19-12)14(18-3)7-5-11(2)6-8-14/h11,15H,4-10H2,1-3H3. The molecule has 0 atom stereocenters. The molecule has 0 bridgehead atoms. The van der Waals surface area contributed by atoms with Crippen LogP contribution in [0.1, 0.15) is 57.7 Å². The summed E-state index contributed by atoms with van der Waals surface area (Å²) in [5.41, 5.74) is -0.334. The van der Waals surface area contributed by atoms with E-state index >= 15 is 0 Å². The number of hydrogen-bond acceptors (Lipinski definition) is 5. The van der Waals surface area contributed by atoms with Crippen LogP contribution in [0.15, 0.2) is 4.52 Å². The second kappa shape index (κ2) is 6.48. The second-order valence-electron chi connectivity index (χ2n) is 5.57. The SMILES string of the molecule is CCCNCc1nc(C2(OC)CCC(C)CC2)no1. The highest BCUT2D eigenvalue weighted by molar-refractivity contribution is 5.03. The summed E-state index contributed by atoms with van der Waals surface area (Å²) in [6.45, 7) is 6.02. The van der Waals surface area contributed by atoms with Gasteiger partial charge in [-0.25, -0.2) is 0 Å². The highest BCUT2D eigenvalue weighted by atomic mass is 16.5. The van der Waals surface area contributed by atoms with Crippen molar-refractivity contribution in [2.75, 3.05) is 13.7 Å². The number of methoxy groups -OCH3 is 1. The van der Waals surface area contributed by atoms with Gasteiger partial charge in [0.1, 0.15) is 5.60 Å². The third-order valence-corrected chi connectivity index (χ3v) is 4.05. The molecule has 1 aliphatic carbocycles. The average Bonchev–Trinajstić information content (AvgIpc) is 2.90. The van der Waals surface area contributed by atoms with Crippen LogP contribution in [0.3, 0.4) is 0 Å². The summed E-state index contributed by atoms with van der Waals surface area (Å²) >= 11 is 0. The smallest absolute Gasteiger partial charge is 0.240 e. The van der Waals surface area contributed by atoms with Gasteiger partial charge in [-0.2, -0.15) is 4.98 Å². The first kappa shape index (κ1) is 14.5. The molecule has 1 aliphatic rings. The van der Waals surface area contributed by atoms with Crippen LogP contribution in [0.4, 0.5) is 0 Å². The molecule has 0 spiro atoms. The third-order valence-electron chi connectivity index (χ3n) is 4.05. The number of rotatable bonds is 6. The van der Waals surface area contributed by atoms with E-state index in [4.69, 9.17) is 9.26 Å². The topological polar surface area (TPSA) is 60.2 Å². The van der Waals surface area contributed by atoms with Crippen molar-refractivity contribution in [3.8, 4) is 0 Å². The van der Waals surface area contributed by atoms with Gasteiger partial charge in [-0.05, 0) is 44.6 Å². The Balaban J connectivity index is 2.02. The number of aromatic nitrogens is 2. The van der Waals surface area contributed by atoms with E-state index in [1.165, 1.54) is 0 Å². The molecule has 1 fully saturated rings. The van der Waals surface area contributed by atoms with Crippen LogP contribution < -0.4 is 5.32 Å². The van der Waals surface area contributed by atoms with Gasteiger partial charge in [0.15, 0.2) is 0 Å². The number of hydrogen-bond donors (Lipinski definition) is 1. The van der Waals surface area contributed by atoms with E-state index in [0.717, 1.165) is 50.4 Å². The zero-order valence-electron chi connectivity index (χ0n) is 12.2. The lowest BCUT2D eigenvalue weighted by atomic mass is 9.79. The van der Waals surface area contributed by atoms with E-state index in [1.54, 1.807) is 7.11 Å². The third kappa shape index (κ3) is 3.34. The molecule has 0 unspecified atom stereocenters. The Morgan fingerprint density at radius 1 is 1.42 bits per heavy atom. The Kier molecular flexibility index (Phi) is 4.93. The van der Waals surface area contributed by atoms with Crippen LogP contribution in [0, 0.1) is 5.92 Å². The molecule has 5 heteroatoms. The number of nitrogens with one attached hydrogen (secondary N) is 1. The van der Waals surface area contributed by atoms with Gasteiger partial charge >= 0.3 is 0 Å². The van der Waals surface area contributed by atoms with E-state index in [9.17, 15) is 0 Å². The summed E-state index contributed by atoms with van der Waals surface area (Å²) in [4.78, 5) is 4.51. The maximum atomic E-state index is 5.75. The van der Waals surface area contributed by atoms with Crippen molar-refractivity contribution in [3.05, 3.63) is 11.7 Å². The van der Waals surface area contributed by atoms with Gasteiger partial charge < -0.3 is 14.6 Å². The fraction of sp³-hybridized carbons (Fsp3) is 0.857. The van der Waals surface area contributed by atoms with Gasteiger partial charge in [0, 0.05) is 7.11 Å². The summed E-state index contributed by atoms with van der Waals surface area (Å²) in [6, 6.07) is 0. The molecule has 1 N–H and O–H groups in total. The molecule has 1 heterocycles. The van der Waals surface area contributed by atoms with Crippen LogP contribution in [0.2, 0.25) is 0 Å². The molecule has 5 nitrogen and oxygen atoms in total. The predicted molar refractivity (Wildman–Crippen MR) is 72.6 cm³/mol. The lowest BCUT2D eigenvalue weighted by Gasteiger charge is -2.35. The maximum Gasteiger partial charge on any atom is 0.240 e. The Morgan fingerprint density at radius 2 is 2.16 bits per heavy atom. The van der Waals surface area contributed by atoms with Crippen molar-refractivity contribution in [2.24, 2.45) is 5.92 Å². The van der Waals surface area contributed by atoms with Gasteiger partial charge in [-0.1, -0.05) is 19.0 Å². The first-order chi connectivity index (χ1) is 9.20. The number of nitrogens with zero attached hydrogens (tertiary/aromatic N) is 2. The van der Waals surface area contributed by atoms with E-state index in [2.05, 4.69) is 29.3 Å². The molecule has 0 aliphatic heterocycles. The van der Waals surface area contributed by atoms with Crippen molar-refractivity contribution in [1.29, 1.82) is 0 Å². The molecule has 0 amide bonds. The second-order valence-corrected chi connectivity index (χ2v) is 5.57. The first-order valence-electron chi connectivity index (χ1n) is 7.29. The van der Waals surface area contributed by atoms with Crippen molar-refractivity contribution in [1.82, 2.24) is 15.5 Å². The highest BCUT2D eigenvalue weighted by Gasteiger charge is 2.40. The highest BCUT2D eigenvalue weighted by Crippen LogP contribution is 2.40. The zero-order chi connectivity index (χ0) is 13.7. The van der Waals surface area contributed by atoms with Crippen LogP contribution >= 0.6 is 0 Å². The molecule has 0 radical (unpaired) electrons. The molecule has 108 valence electrons. The molecule has 19 heavy (non-hydrogen) atoms. The van der Waals surface area contributed by atoms with E-state index < -0.39 is 0 Å². The lowest BCUT2D eigenvalue weighted by molar-refractivity contribution is -0.0609. The molecule has 1 aromatic rings. The molecule has 1 aromatic heterocycles. The summed E-state index contributed by atoms with van der Waals surface area (Å²) in [7, 11) is 1.75. The summed E-state index contributed by atoms with van der Waals surface area (Å²) in [5.74, 6) is 2.13. The minimum Gasteiger partial charge on any atom is -0.370 e. The number of ether oxygens (including phenoxy) is 1. The Labute approximate surface area is 115 Å². The summed E-state index contributed by atoms with van der Waals surface area (Å²) < 4.78 is 11.1. The summed E-state index contributed by atoms with van der Waals surface area (Å²) in [6.07, 6.45) is 5.37. The minimum atomic E-state index is -0.334. The van der Waals surface area contributed by atoms with Crippen LogP contribution in [-0.2, 0) is 16.9 Å². The van der Waals surface area contributed by atoms with Gasteiger partial charge in [0.05, 0.1) is 6.54 Å². The fourth-order valence-electron chi connectivity index (χ4n) is 2.63. The Morgan fingerprint density at radius 3 is 2.79 bits per heavy atom. The predicted octanol–water partition coefficient (Wildman–Crippen LogP) is 2.62. The van der Waals surface area contributed by atoms with Gasteiger partial charge in [0.25, 0.3) is 0 Å². The zero-order valence-corrected chi connectivity index (χ0v) is 12.2. The molecular formula is C14H25N3O2. The first-order valence-corrected chi connectivity index (χ1v) is 7.29. The van der Waals surface area contributed by atoms with Gasteiger partial charge in [-0.3, -0.25) is 0 Å². The fourth-order valence-corrected chi connectivity index (χ4v) is 2.63. The lowest BCUT2D eigenvalue weighted by Crippen LogP contribution is -2.34. The van der Waals surface area contributed by atoms with E-state index in [-0.39, 0.29) is 5.60 Å². The molecular weight excluding hydrogens is 242 g/mol. The van der Waals surface area contributed by atoms with Crippen LogP contribution in [-0.4, -0.2) is 23.8 Å². The monoisotopic (exact) mass is 267 g/mol. The summed E-state index contributed by atoms with van der Waals surface area (Å²) in [5, 5.41) is 7.40. The largest absolute Gasteiger partial charge is 0.370 e. The maximum absolute atomic E-state index is 5.75. The molecule has 2 rings (SSSR count). The van der Waals surface area contributed by atoms with E-state index in [0.29, 0.717) is 12.4 Å². The molecule has 1 saturated carbocycles. The molecule has 0 saturated heterocycles. The quantitative estimate of drug-likeness (QED) is 0.803. The molecule has 0 aromatic carbocycles. The average molecular weight is 267 g/mol. The van der Waals surface area contributed by atoms with Gasteiger partial charge in [-0.15, -0.1) is 0 Å². The van der Waals surface area contributed by atoms with Crippen LogP contribution in [0.5, 0.6) is 0 Å². The van der Waals surface area contributed by atoms with Crippen LogP contribution in [0.25, 0.3) is 0 Å².